The van der Waals surface area contributed by atoms with E-state index in [1.807, 2.05) is 54.6 Å². The van der Waals surface area contributed by atoms with E-state index in [9.17, 15) is 13.2 Å². The molecule has 3 aromatic carbocycles. The van der Waals surface area contributed by atoms with Crippen molar-refractivity contribution in [3.8, 4) is 0 Å². The number of benzene rings is 3. The Morgan fingerprint density at radius 2 is 1.60 bits per heavy atom. The summed E-state index contributed by atoms with van der Waals surface area (Å²) < 4.78 is 28.4. The van der Waals surface area contributed by atoms with Gasteiger partial charge in [-0.15, -0.1) is 0 Å². The minimum Gasteiger partial charge on any atom is -0.367 e. The SMILES string of the molecule is CCN1CCN(c2ccccc2NC(=O)c2cc(S(=O)(=O)NCc3ccccc3)ccc2C)CC1. The number of nitrogens with one attached hydrogen (secondary N) is 2. The molecule has 0 saturated carbocycles. The van der Waals surface area contributed by atoms with E-state index in [0.29, 0.717) is 11.1 Å². The van der Waals surface area contributed by atoms with Crippen molar-refractivity contribution in [1.82, 2.24) is 9.62 Å². The van der Waals surface area contributed by atoms with Gasteiger partial charge in [0.2, 0.25) is 10.0 Å². The molecule has 4 rings (SSSR count). The first kappa shape index (κ1) is 24.9. The monoisotopic (exact) mass is 492 g/mol. The molecule has 1 fully saturated rings. The van der Waals surface area contributed by atoms with E-state index in [2.05, 4.69) is 26.8 Å². The van der Waals surface area contributed by atoms with Crippen LogP contribution in [0.1, 0.15) is 28.4 Å². The molecule has 1 amide bonds. The highest BCUT2D eigenvalue weighted by atomic mass is 32.2. The number of nitrogens with zero attached hydrogens (tertiary/aromatic N) is 2. The van der Waals surface area contributed by atoms with Crippen molar-refractivity contribution >= 4 is 27.3 Å². The fraction of sp³-hybridized carbons (Fsp3) is 0.296. The van der Waals surface area contributed by atoms with E-state index < -0.39 is 10.0 Å². The van der Waals surface area contributed by atoms with Gasteiger partial charge in [0, 0.05) is 38.3 Å². The molecule has 1 aliphatic heterocycles. The summed E-state index contributed by atoms with van der Waals surface area (Å²) in [5.74, 6) is -0.331. The van der Waals surface area contributed by atoms with E-state index in [-0.39, 0.29) is 17.3 Å². The van der Waals surface area contributed by atoms with E-state index in [4.69, 9.17) is 0 Å². The summed E-state index contributed by atoms with van der Waals surface area (Å²) >= 11 is 0. The van der Waals surface area contributed by atoms with Crippen LogP contribution in [0.15, 0.2) is 77.7 Å². The van der Waals surface area contributed by atoms with E-state index in [0.717, 1.165) is 49.7 Å². The molecule has 3 aromatic rings. The molecule has 0 atom stereocenters. The summed E-state index contributed by atoms with van der Waals surface area (Å²) in [5.41, 5.74) is 3.59. The molecule has 1 aliphatic rings. The number of aryl methyl sites for hydroxylation is 1. The lowest BCUT2D eigenvalue weighted by Crippen LogP contribution is -2.46. The summed E-state index contributed by atoms with van der Waals surface area (Å²) in [7, 11) is -3.78. The third-order valence-electron chi connectivity index (χ3n) is 6.39. The maximum Gasteiger partial charge on any atom is 0.256 e. The molecule has 0 aromatic heterocycles. The quantitative estimate of drug-likeness (QED) is 0.499. The third kappa shape index (κ3) is 6.08. The Morgan fingerprint density at radius 3 is 2.31 bits per heavy atom. The molecule has 2 N–H and O–H groups in total. The van der Waals surface area contributed by atoms with Crippen molar-refractivity contribution < 1.29 is 13.2 Å². The molecular weight excluding hydrogens is 460 g/mol. The highest BCUT2D eigenvalue weighted by Crippen LogP contribution is 2.28. The maximum atomic E-state index is 13.3. The number of likely N-dealkylation sites (N-methyl/N-ethyl adjacent to an activating group) is 1. The first-order valence-electron chi connectivity index (χ1n) is 11.9. The van der Waals surface area contributed by atoms with Crippen LogP contribution in [0.2, 0.25) is 0 Å². The number of hydrogen-bond acceptors (Lipinski definition) is 5. The average molecular weight is 493 g/mol. The maximum absolute atomic E-state index is 13.3. The first-order valence-corrected chi connectivity index (χ1v) is 13.4. The van der Waals surface area contributed by atoms with Gasteiger partial charge in [-0.3, -0.25) is 4.79 Å². The Balaban J connectivity index is 1.51. The Kier molecular flexibility index (Phi) is 7.85. The zero-order chi connectivity index (χ0) is 24.8. The molecule has 184 valence electrons. The molecule has 0 spiro atoms. The predicted octanol–water partition coefficient (Wildman–Crippen LogP) is 3.87. The molecule has 7 nitrogen and oxygen atoms in total. The highest BCUT2D eigenvalue weighted by Gasteiger charge is 2.21. The van der Waals surface area contributed by atoms with Gasteiger partial charge < -0.3 is 15.1 Å². The normalized spacial score (nSPS) is 14.6. The summed E-state index contributed by atoms with van der Waals surface area (Å²) in [6.45, 7) is 8.92. The molecule has 0 aliphatic carbocycles. The molecule has 0 radical (unpaired) electrons. The Labute approximate surface area is 207 Å². The van der Waals surface area contributed by atoms with Crippen LogP contribution in [-0.4, -0.2) is 51.9 Å². The van der Waals surface area contributed by atoms with Gasteiger partial charge in [0.05, 0.1) is 16.3 Å². The minimum atomic E-state index is -3.78. The van der Waals surface area contributed by atoms with Gasteiger partial charge in [0.25, 0.3) is 5.91 Å². The largest absolute Gasteiger partial charge is 0.367 e. The highest BCUT2D eigenvalue weighted by molar-refractivity contribution is 7.89. The van der Waals surface area contributed by atoms with Crippen molar-refractivity contribution in [2.45, 2.75) is 25.3 Å². The summed E-state index contributed by atoms with van der Waals surface area (Å²) in [4.78, 5) is 18.0. The number of amides is 1. The van der Waals surface area contributed by atoms with Crippen molar-refractivity contribution in [2.75, 3.05) is 42.9 Å². The van der Waals surface area contributed by atoms with Gasteiger partial charge in [0.15, 0.2) is 0 Å². The van der Waals surface area contributed by atoms with Crippen molar-refractivity contribution in [3.05, 3.63) is 89.5 Å². The smallest absolute Gasteiger partial charge is 0.256 e. The molecular formula is C27H32N4O3S. The van der Waals surface area contributed by atoms with Crippen molar-refractivity contribution in [3.63, 3.8) is 0 Å². The van der Waals surface area contributed by atoms with Crippen molar-refractivity contribution in [1.29, 1.82) is 0 Å². The van der Waals surface area contributed by atoms with E-state index in [1.54, 1.807) is 13.0 Å². The lowest BCUT2D eigenvalue weighted by atomic mass is 10.1. The Hall–Kier alpha value is -3.20. The minimum absolute atomic E-state index is 0.0631. The van der Waals surface area contributed by atoms with Gasteiger partial charge in [-0.2, -0.15) is 0 Å². The number of anilines is 2. The van der Waals surface area contributed by atoms with E-state index in [1.165, 1.54) is 12.1 Å². The zero-order valence-corrected chi connectivity index (χ0v) is 21.0. The first-order chi connectivity index (χ1) is 16.9. The molecule has 1 saturated heterocycles. The molecule has 0 bridgehead atoms. The molecule has 0 unspecified atom stereocenters. The summed E-state index contributed by atoms with van der Waals surface area (Å²) in [5, 5.41) is 3.02. The van der Waals surface area contributed by atoms with Crippen LogP contribution >= 0.6 is 0 Å². The lowest BCUT2D eigenvalue weighted by molar-refractivity contribution is 0.102. The fourth-order valence-corrected chi connectivity index (χ4v) is 5.26. The van der Waals surface area contributed by atoms with Gasteiger partial charge in [-0.05, 0) is 48.9 Å². The standard InChI is InChI=1S/C27H32N4O3S/c1-3-30-15-17-31(18-16-30)26-12-8-7-11-25(26)29-27(32)24-19-23(14-13-21(24)2)35(33,34)28-20-22-9-5-4-6-10-22/h4-14,19,28H,3,15-18,20H2,1-2H3,(H,29,32). The number of hydrogen-bond donors (Lipinski definition) is 2. The van der Waals surface area contributed by atoms with Crippen LogP contribution in [0.5, 0.6) is 0 Å². The van der Waals surface area contributed by atoms with Crippen LogP contribution in [-0.2, 0) is 16.6 Å². The Bertz CT molecular complexity index is 1270. The van der Waals surface area contributed by atoms with Crippen LogP contribution in [0, 0.1) is 6.92 Å². The van der Waals surface area contributed by atoms with Gasteiger partial charge in [-0.25, -0.2) is 13.1 Å². The second-order valence-corrected chi connectivity index (χ2v) is 10.4. The molecule has 1 heterocycles. The van der Waals surface area contributed by atoms with Crippen LogP contribution in [0.25, 0.3) is 0 Å². The molecule has 8 heteroatoms. The summed E-state index contributed by atoms with van der Waals surface area (Å²) in [6, 6.07) is 21.7. The number of piperazine rings is 1. The fourth-order valence-electron chi connectivity index (χ4n) is 4.22. The van der Waals surface area contributed by atoms with Crippen LogP contribution in [0.3, 0.4) is 0 Å². The summed E-state index contributed by atoms with van der Waals surface area (Å²) in [6.07, 6.45) is 0. The molecule has 35 heavy (non-hydrogen) atoms. The predicted molar refractivity (Wildman–Crippen MR) is 140 cm³/mol. The third-order valence-corrected chi connectivity index (χ3v) is 7.78. The number of carbonyl (C=O) groups excluding carboxylic acids is 1. The van der Waals surface area contributed by atoms with Crippen molar-refractivity contribution in [2.24, 2.45) is 0 Å². The van der Waals surface area contributed by atoms with E-state index >= 15 is 0 Å². The number of sulfonamides is 1. The average Bonchev–Trinajstić information content (AvgIpc) is 2.88. The second-order valence-electron chi connectivity index (χ2n) is 8.68. The number of para-hydroxylation sites is 2. The number of carbonyl (C=O) groups is 1. The van der Waals surface area contributed by atoms with Gasteiger partial charge >= 0.3 is 0 Å². The van der Waals surface area contributed by atoms with Gasteiger partial charge in [0.1, 0.15) is 0 Å². The second kappa shape index (κ2) is 11.0. The van der Waals surface area contributed by atoms with Crippen LogP contribution in [0.4, 0.5) is 11.4 Å². The zero-order valence-electron chi connectivity index (χ0n) is 20.2. The Morgan fingerprint density at radius 1 is 0.914 bits per heavy atom. The number of rotatable bonds is 8. The van der Waals surface area contributed by atoms with Gasteiger partial charge in [-0.1, -0.05) is 55.5 Å². The topological polar surface area (TPSA) is 81.8 Å². The van der Waals surface area contributed by atoms with Crippen LogP contribution < -0.4 is 14.9 Å². The lowest BCUT2D eigenvalue weighted by Gasteiger charge is -2.36.